The van der Waals surface area contributed by atoms with E-state index in [4.69, 9.17) is 14.2 Å². The number of halogens is 1. The van der Waals surface area contributed by atoms with Crippen molar-refractivity contribution in [1.29, 1.82) is 0 Å². The lowest BCUT2D eigenvalue weighted by atomic mass is 10.1. The fourth-order valence-electron chi connectivity index (χ4n) is 3.02. The molecule has 0 aliphatic heterocycles. The lowest BCUT2D eigenvalue weighted by Crippen LogP contribution is -2.16. The van der Waals surface area contributed by atoms with Crippen molar-refractivity contribution in [3.8, 4) is 5.75 Å². The van der Waals surface area contributed by atoms with Gasteiger partial charge in [0, 0.05) is 15.6 Å². The Balaban J connectivity index is 1.74. The standard InChI is InChI=1S/C22H21FO5S/c1-4-26-22(25)21-16(20-17(23)6-5-7-18(20)29-21)11-28-19(24)12-27-15-9-13(2)8-14(3)10-15/h5-10H,4,11-12H2,1-3H3. The molecule has 1 aromatic heterocycles. The van der Waals surface area contributed by atoms with Crippen molar-refractivity contribution in [2.45, 2.75) is 27.4 Å². The van der Waals surface area contributed by atoms with E-state index in [0.717, 1.165) is 22.5 Å². The second kappa shape index (κ2) is 9.05. The maximum Gasteiger partial charge on any atom is 0.348 e. The van der Waals surface area contributed by atoms with Gasteiger partial charge < -0.3 is 14.2 Å². The van der Waals surface area contributed by atoms with E-state index < -0.39 is 17.8 Å². The summed E-state index contributed by atoms with van der Waals surface area (Å²) in [6.45, 7) is 5.22. The van der Waals surface area contributed by atoms with Crippen LogP contribution < -0.4 is 4.74 Å². The van der Waals surface area contributed by atoms with Gasteiger partial charge in [-0.25, -0.2) is 14.0 Å². The van der Waals surface area contributed by atoms with Crippen LogP contribution >= 0.6 is 11.3 Å². The third kappa shape index (κ3) is 4.92. The maximum absolute atomic E-state index is 14.4. The summed E-state index contributed by atoms with van der Waals surface area (Å²) < 4.78 is 30.8. The van der Waals surface area contributed by atoms with Gasteiger partial charge in [-0.1, -0.05) is 12.1 Å². The van der Waals surface area contributed by atoms with Crippen LogP contribution in [0.4, 0.5) is 4.39 Å². The first-order valence-electron chi connectivity index (χ1n) is 9.12. The van der Waals surface area contributed by atoms with Gasteiger partial charge in [0.2, 0.25) is 0 Å². The molecule has 0 fully saturated rings. The fourth-order valence-corrected chi connectivity index (χ4v) is 4.14. The Hall–Kier alpha value is -2.93. The Kier molecular flexibility index (Phi) is 6.49. The van der Waals surface area contributed by atoms with E-state index in [1.165, 1.54) is 6.07 Å². The average molecular weight is 416 g/mol. The Morgan fingerprint density at radius 1 is 1.07 bits per heavy atom. The zero-order chi connectivity index (χ0) is 21.0. The topological polar surface area (TPSA) is 61.8 Å². The van der Waals surface area contributed by atoms with Crippen LogP contribution in [0.3, 0.4) is 0 Å². The number of thiophene rings is 1. The Morgan fingerprint density at radius 2 is 1.79 bits per heavy atom. The first-order valence-corrected chi connectivity index (χ1v) is 9.94. The van der Waals surface area contributed by atoms with Crippen LogP contribution in [0.2, 0.25) is 0 Å². The molecule has 3 aromatic rings. The highest BCUT2D eigenvalue weighted by Crippen LogP contribution is 2.34. The van der Waals surface area contributed by atoms with Crippen LogP contribution in [0.15, 0.2) is 36.4 Å². The van der Waals surface area contributed by atoms with E-state index in [1.54, 1.807) is 19.1 Å². The summed E-state index contributed by atoms with van der Waals surface area (Å²) in [6, 6.07) is 10.2. The van der Waals surface area contributed by atoms with Crippen molar-refractivity contribution in [3.05, 3.63) is 63.8 Å². The molecular formula is C22H21FO5S. The molecule has 5 nitrogen and oxygen atoms in total. The highest BCUT2D eigenvalue weighted by Gasteiger charge is 2.23. The van der Waals surface area contributed by atoms with Gasteiger partial charge in [-0.15, -0.1) is 11.3 Å². The smallest absolute Gasteiger partial charge is 0.348 e. The molecule has 0 N–H and O–H groups in total. The van der Waals surface area contributed by atoms with Crippen LogP contribution in [-0.4, -0.2) is 25.2 Å². The molecule has 152 valence electrons. The van der Waals surface area contributed by atoms with E-state index in [1.807, 2.05) is 32.0 Å². The van der Waals surface area contributed by atoms with Gasteiger partial charge in [0.05, 0.1) is 6.61 Å². The zero-order valence-electron chi connectivity index (χ0n) is 16.4. The first kappa shape index (κ1) is 20.8. The van der Waals surface area contributed by atoms with Gasteiger partial charge in [-0.3, -0.25) is 0 Å². The summed E-state index contributed by atoms with van der Waals surface area (Å²) in [5.74, 6) is -1.09. The van der Waals surface area contributed by atoms with Gasteiger partial charge >= 0.3 is 11.9 Å². The molecule has 29 heavy (non-hydrogen) atoms. The molecule has 0 spiro atoms. The molecule has 0 saturated carbocycles. The maximum atomic E-state index is 14.4. The minimum atomic E-state index is -0.616. The summed E-state index contributed by atoms with van der Waals surface area (Å²) >= 11 is 1.11. The van der Waals surface area contributed by atoms with Gasteiger partial charge in [-0.2, -0.15) is 0 Å². The Morgan fingerprint density at radius 3 is 2.48 bits per heavy atom. The van der Waals surface area contributed by atoms with Crippen LogP contribution in [0.1, 0.15) is 33.3 Å². The van der Waals surface area contributed by atoms with E-state index in [2.05, 4.69) is 0 Å². The summed E-state index contributed by atoms with van der Waals surface area (Å²) in [7, 11) is 0. The molecule has 0 bridgehead atoms. The van der Waals surface area contributed by atoms with E-state index in [9.17, 15) is 14.0 Å². The Bertz CT molecular complexity index is 1040. The highest BCUT2D eigenvalue weighted by atomic mass is 32.1. The number of ether oxygens (including phenoxy) is 3. The molecule has 0 atom stereocenters. The molecule has 2 aromatic carbocycles. The van der Waals surface area contributed by atoms with Crippen molar-refractivity contribution >= 4 is 33.4 Å². The van der Waals surface area contributed by atoms with Gasteiger partial charge in [0.15, 0.2) is 6.61 Å². The highest BCUT2D eigenvalue weighted by molar-refractivity contribution is 7.21. The van der Waals surface area contributed by atoms with Gasteiger partial charge in [0.25, 0.3) is 0 Å². The van der Waals surface area contributed by atoms with Crippen molar-refractivity contribution in [2.24, 2.45) is 0 Å². The number of esters is 2. The average Bonchev–Trinajstić information content (AvgIpc) is 3.04. The fraction of sp³-hybridized carbons (Fsp3) is 0.273. The normalized spacial score (nSPS) is 10.8. The van der Waals surface area contributed by atoms with Gasteiger partial charge in [-0.05, 0) is 56.2 Å². The molecule has 1 heterocycles. The lowest BCUT2D eigenvalue weighted by Gasteiger charge is -2.09. The molecule has 3 rings (SSSR count). The SMILES string of the molecule is CCOC(=O)c1sc2cccc(F)c2c1COC(=O)COc1cc(C)cc(C)c1. The molecule has 0 aliphatic carbocycles. The summed E-state index contributed by atoms with van der Waals surface area (Å²) in [5.41, 5.74) is 2.35. The second-order valence-electron chi connectivity index (χ2n) is 6.52. The molecule has 7 heteroatoms. The number of hydrogen-bond acceptors (Lipinski definition) is 6. The van der Waals surface area contributed by atoms with Crippen LogP contribution in [-0.2, 0) is 20.9 Å². The molecule has 0 saturated heterocycles. The number of carbonyl (C=O) groups is 2. The second-order valence-corrected chi connectivity index (χ2v) is 7.57. The molecular weight excluding hydrogens is 395 g/mol. The van der Waals surface area contributed by atoms with E-state index >= 15 is 0 Å². The number of hydrogen-bond donors (Lipinski definition) is 0. The third-order valence-corrected chi connectivity index (χ3v) is 5.33. The van der Waals surface area contributed by atoms with Crippen molar-refractivity contribution in [2.75, 3.05) is 13.2 Å². The molecule has 0 unspecified atom stereocenters. The zero-order valence-corrected chi connectivity index (χ0v) is 17.2. The van der Waals surface area contributed by atoms with Gasteiger partial charge in [0.1, 0.15) is 23.1 Å². The Labute approximate surface area is 172 Å². The monoisotopic (exact) mass is 416 g/mol. The van der Waals surface area contributed by atoms with E-state index in [-0.39, 0.29) is 30.1 Å². The number of aryl methyl sites for hydroxylation is 2. The number of benzene rings is 2. The number of carbonyl (C=O) groups excluding carboxylic acids is 2. The largest absolute Gasteiger partial charge is 0.482 e. The molecule has 0 aliphatic rings. The molecule has 0 amide bonds. The quantitative estimate of drug-likeness (QED) is 0.510. The summed E-state index contributed by atoms with van der Waals surface area (Å²) in [5, 5.41) is 0.267. The molecule has 0 radical (unpaired) electrons. The first-order chi connectivity index (χ1) is 13.9. The predicted molar refractivity (Wildman–Crippen MR) is 109 cm³/mol. The van der Waals surface area contributed by atoms with Crippen LogP contribution in [0.5, 0.6) is 5.75 Å². The minimum Gasteiger partial charge on any atom is -0.482 e. The number of fused-ring (bicyclic) bond motifs is 1. The number of rotatable bonds is 7. The minimum absolute atomic E-state index is 0.193. The van der Waals surface area contributed by atoms with Crippen LogP contribution in [0, 0.1) is 19.7 Å². The summed E-state index contributed by atoms with van der Waals surface area (Å²) in [4.78, 5) is 24.7. The predicted octanol–water partition coefficient (Wildman–Crippen LogP) is 4.96. The van der Waals surface area contributed by atoms with Crippen molar-refractivity contribution in [3.63, 3.8) is 0 Å². The van der Waals surface area contributed by atoms with Crippen molar-refractivity contribution in [1.82, 2.24) is 0 Å². The van der Waals surface area contributed by atoms with Crippen molar-refractivity contribution < 1.29 is 28.2 Å². The van der Waals surface area contributed by atoms with Crippen LogP contribution in [0.25, 0.3) is 10.1 Å². The van der Waals surface area contributed by atoms with E-state index in [0.29, 0.717) is 16.0 Å². The summed E-state index contributed by atoms with van der Waals surface area (Å²) in [6.07, 6.45) is 0. The third-order valence-electron chi connectivity index (χ3n) is 4.15. The lowest BCUT2D eigenvalue weighted by molar-refractivity contribution is -0.147.